The molecule has 3 heterocycles. The molecule has 2 aromatic rings. The first-order chi connectivity index (χ1) is 10.3. The number of nitrogens with one attached hydrogen (secondary N) is 1. The highest BCUT2D eigenvalue weighted by molar-refractivity contribution is 5.97. The zero-order valence-corrected chi connectivity index (χ0v) is 11.7. The fourth-order valence-electron chi connectivity index (χ4n) is 3.89. The predicted molar refractivity (Wildman–Crippen MR) is 76.7 cm³/mol. The normalized spacial score (nSPS) is 28.2. The van der Waals surface area contributed by atoms with E-state index >= 15 is 0 Å². The molecule has 1 aromatic carbocycles. The highest BCUT2D eigenvalue weighted by atomic mass is 16.3. The van der Waals surface area contributed by atoms with E-state index in [0.717, 1.165) is 36.7 Å². The minimum absolute atomic E-state index is 0.0868. The van der Waals surface area contributed by atoms with E-state index in [1.807, 2.05) is 17.0 Å². The summed E-state index contributed by atoms with van der Waals surface area (Å²) in [6.45, 7) is 0.236. The first-order valence-electron chi connectivity index (χ1n) is 7.50. The molecular weight excluding hydrogens is 268 g/mol. The lowest BCUT2D eigenvalue weighted by Gasteiger charge is -2.38. The number of fused-ring (bicyclic) bond motifs is 3. The SMILES string of the molecule is O=C(c1ccc2n[nH]nc2c1)N1[C@@H]2CC[C@H]1CC(CO)C2. The summed E-state index contributed by atoms with van der Waals surface area (Å²) in [5, 5.41) is 20.0. The van der Waals surface area contributed by atoms with Gasteiger partial charge in [0.2, 0.25) is 0 Å². The van der Waals surface area contributed by atoms with E-state index < -0.39 is 0 Å². The number of nitrogens with zero attached hydrogens (tertiary/aromatic N) is 3. The van der Waals surface area contributed by atoms with Crippen molar-refractivity contribution in [3.63, 3.8) is 0 Å². The molecule has 2 aliphatic heterocycles. The zero-order valence-electron chi connectivity index (χ0n) is 11.7. The monoisotopic (exact) mass is 286 g/mol. The molecule has 6 heteroatoms. The quantitative estimate of drug-likeness (QED) is 0.872. The molecule has 2 fully saturated rings. The molecular formula is C15H18N4O2. The fraction of sp³-hybridized carbons (Fsp3) is 0.533. The van der Waals surface area contributed by atoms with Crippen LogP contribution in [0.1, 0.15) is 36.0 Å². The van der Waals surface area contributed by atoms with Crippen molar-refractivity contribution in [3.8, 4) is 0 Å². The number of aromatic amines is 1. The van der Waals surface area contributed by atoms with Crippen LogP contribution in [0.2, 0.25) is 0 Å². The van der Waals surface area contributed by atoms with Gasteiger partial charge in [0.1, 0.15) is 11.0 Å². The average Bonchev–Trinajstić information content (AvgIpc) is 3.08. The van der Waals surface area contributed by atoms with Crippen LogP contribution in [0.3, 0.4) is 0 Å². The van der Waals surface area contributed by atoms with E-state index in [9.17, 15) is 9.90 Å². The van der Waals surface area contributed by atoms with E-state index in [1.54, 1.807) is 6.07 Å². The Labute approximate surface area is 122 Å². The number of aliphatic hydroxyl groups is 1. The summed E-state index contributed by atoms with van der Waals surface area (Å²) < 4.78 is 0. The molecule has 2 saturated heterocycles. The predicted octanol–water partition coefficient (Wildman–Crippen LogP) is 1.33. The van der Waals surface area contributed by atoms with Gasteiger partial charge in [0.25, 0.3) is 5.91 Å². The maximum atomic E-state index is 12.8. The molecule has 110 valence electrons. The number of aromatic nitrogens is 3. The van der Waals surface area contributed by atoms with Gasteiger partial charge in [-0.25, -0.2) is 0 Å². The Kier molecular flexibility index (Phi) is 2.92. The third-order valence-corrected chi connectivity index (χ3v) is 4.89. The summed E-state index contributed by atoms with van der Waals surface area (Å²) in [5.41, 5.74) is 2.17. The Balaban J connectivity index is 1.62. The van der Waals surface area contributed by atoms with Crippen LogP contribution in [0.25, 0.3) is 11.0 Å². The topological polar surface area (TPSA) is 82.1 Å². The zero-order chi connectivity index (χ0) is 14.4. The van der Waals surface area contributed by atoms with Crippen molar-refractivity contribution in [2.75, 3.05) is 6.61 Å². The van der Waals surface area contributed by atoms with E-state index in [-0.39, 0.29) is 24.6 Å². The van der Waals surface area contributed by atoms with Crippen LogP contribution in [-0.2, 0) is 0 Å². The molecule has 2 N–H and O–H groups in total. The molecule has 0 saturated carbocycles. The first-order valence-corrected chi connectivity index (χ1v) is 7.50. The Morgan fingerprint density at radius 2 is 1.95 bits per heavy atom. The number of rotatable bonds is 2. The average molecular weight is 286 g/mol. The molecule has 1 amide bonds. The Morgan fingerprint density at radius 3 is 2.67 bits per heavy atom. The molecule has 2 aliphatic rings. The summed E-state index contributed by atoms with van der Waals surface area (Å²) in [5.74, 6) is 0.438. The van der Waals surface area contributed by atoms with E-state index in [1.165, 1.54) is 0 Å². The van der Waals surface area contributed by atoms with Crippen LogP contribution in [-0.4, -0.2) is 50.0 Å². The lowest BCUT2D eigenvalue weighted by Crippen LogP contribution is -2.47. The van der Waals surface area contributed by atoms with Crippen LogP contribution < -0.4 is 0 Å². The second kappa shape index (κ2) is 4.80. The number of H-pyrrole nitrogens is 1. The third-order valence-electron chi connectivity index (χ3n) is 4.89. The highest BCUT2D eigenvalue weighted by Gasteiger charge is 2.43. The van der Waals surface area contributed by atoms with Gasteiger partial charge in [0.05, 0.1) is 0 Å². The second-order valence-electron chi connectivity index (χ2n) is 6.14. The van der Waals surface area contributed by atoms with Crippen LogP contribution in [0.5, 0.6) is 0 Å². The number of carbonyl (C=O) groups excluding carboxylic acids is 1. The second-order valence-corrected chi connectivity index (χ2v) is 6.14. The van der Waals surface area contributed by atoms with Crippen LogP contribution in [0.15, 0.2) is 18.2 Å². The van der Waals surface area contributed by atoms with Crippen molar-refractivity contribution in [3.05, 3.63) is 23.8 Å². The Bertz CT molecular complexity index is 669. The largest absolute Gasteiger partial charge is 0.396 e. The third kappa shape index (κ3) is 2.01. The van der Waals surface area contributed by atoms with Crippen molar-refractivity contribution in [1.29, 1.82) is 0 Å². The molecule has 0 spiro atoms. The van der Waals surface area contributed by atoms with E-state index in [0.29, 0.717) is 11.5 Å². The summed E-state index contributed by atoms with van der Waals surface area (Å²) in [4.78, 5) is 14.9. The summed E-state index contributed by atoms with van der Waals surface area (Å²) in [6.07, 6.45) is 3.95. The molecule has 2 bridgehead atoms. The molecule has 6 nitrogen and oxygen atoms in total. The van der Waals surface area contributed by atoms with Crippen molar-refractivity contribution in [1.82, 2.24) is 20.3 Å². The van der Waals surface area contributed by atoms with Gasteiger partial charge in [-0.1, -0.05) is 0 Å². The summed E-state index contributed by atoms with van der Waals surface area (Å²) >= 11 is 0. The van der Waals surface area contributed by atoms with Gasteiger partial charge in [-0.05, 0) is 49.8 Å². The lowest BCUT2D eigenvalue weighted by atomic mass is 9.91. The number of hydrogen-bond donors (Lipinski definition) is 2. The smallest absolute Gasteiger partial charge is 0.254 e. The Morgan fingerprint density at radius 1 is 1.24 bits per heavy atom. The van der Waals surface area contributed by atoms with Gasteiger partial charge >= 0.3 is 0 Å². The fourth-order valence-corrected chi connectivity index (χ4v) is 3.89. The number of aliphatic hydroxyl groups excluding tert-OH is 1. The van der Waals surface area contributed by atoms with Gasteiger partial charge in [-0.2, -0.15) is 15.4 Å². The van der Waals surface area contributed by atoms with Crippen molar-refractivity contribution in [2.45, 2.75) is 37.8 Å². The van der Waals surface area contributed by atoms with E-state index in [4.69, 9.17) is 0 Å². The summed E-state index contributed by atoms with van der Waals surface area (Å²) in [6, 6.07) is 6.01. The van der Waals surface area contributed by atoms with Crippen molar-refractivity contribution >= 4 is 16.9 Å². The number of carbonyl (C=O) groups is 1. The lowest BCUT2D eigenvalue weighted by molar-refractivity contribution is 0.0453. The minimum Gasteiger partial charge on any atom is -0.396 e. The number of amides is 1. The van der Waals surface area contributed by atoms with Crippen LogP contribution >= 0.6 is 0 Å². The van der Waals surface area contributed by atoms with Crippen molar-refractivity contribution < 1.29 is 9.90 Å². The molecule has 0 radical (unpaired) electrons. The van der Waals surface area contributed by atoms with E-state index in [2.05, 4.69) is 15.4 Å². The number of piperidine rings is 1. The van der Waals surface area contributed by atoms with Crippen LogP contribution in [0.4, 0.5) is 0 Å². The number of benzene rings is 1. The molecule has 1 aromatic heterocycles. The highest BCUT2D eigenvalue weighted by Crippen LogP contribution is 2.39. The standard InChI is InChI=1S/C15H18N4O2/c20-8-9-5-11-2-3-12(6-9)19(11)15(21)10-1-4-13-14(7-10)17-18-16-13/h1,4,7,9,11-12,20H,2-3,5-6,8H2,(H,16,17,18)/t9?,11-,12+. The minimum atomic E-state index is 0.0868. The Hall–Kier alpha value is -1.95. The number of hydrogen-bond acceptors (Lipinski definition) is 4. The maximum absolute atomic E-state index is 12.8. The molecule has 21 heavy (non-hydrogen) atoms. The van der Waals surface area contributed by atoms with Crippen molar-refractivity contribution in [2.24, 2.45) is 5.92 Å². The van der Waals surface area contributed by atoms with Gasteiger partial charge in [-0.15, -0.1) is 0 Å². The maximum Gasteiger partial charge on any atom is 0.254 e. The molecule has 3 atom stereocenters. The first kappa shape index (κ1) is 12.8. The summed E-state index contributed by atoms with van der Waals surface area (Å²) in [7, 11) is 0. The molecule has 4 rings (SSSR count). The molecule has 0 aliphatic carbocycles. The van der Waals surface area contributed by atoms with Gasteiger partial charge in [0, 0.05) is 24.3 Å². The van der Waals surface area contributed by atoms with Gasteiger partial charge < -0.3 is 10.0 Å². The molecule has 1 unspecified atom stereocenters. The van der Waals surface area contributed by atoms with Gasteiger partial charge in [0.15, 0.2) is 0 Å². The van der Waals surface area contributed by atoms with Crippen LogP contribution in [0, 0.1) is 5.92 Å². The van der Waals surface area contributed by atoms with Gasteiger partial charge in [-0.3, -0.25) is 4.79 Å².